The number of piperidine rings is 1. The van der Waals surface area contributed by atoms with E-state index in [1.54, 1.807) is 36.4 Å². The van der Waals surface area contributed by atoms with Gasteiger partial charge in [0.2, 0.25) is 5.88 Å². The summed E-state index contributed by atoms with van der Waals surface area (Å²) in [5.41, 5.74) is 3.47. The molecule has 6 rings (SSSR count). The van der Waals surface area contributed by atoms with E-state index < -0.39 is 11.8 Å². The van der Waals surface area contributed by atoms with E-state index in [4.69, 9.17) is 24.7 Å². The van der Waals surface area contributed by atoms with Crippen LogP contribution in [0.4, 0.5) is 4.39 Å². The fraction of sp³-hybridized carbons (Fsp3) is 0.394. The second-order valence-corrected chi connectivity index (χ2v) is 10.6. The Bertz CT molecular complexity index is 1620. The highest BCUT2D eigenvalue weighted by Gasteiger charge is 2.26. The molecule has 2 aromatic heterocycles. The molecule has 0 spiro atoms. The predicted octanol–water partition coefficient (Wildman–Crippen LogP) is 5.91. The zero-order valence-electron chi connectivity index (χ0n) is 24.5. The quantitative estimate of drug-likeness (QED) is 0.258. The molecule has 4 heterocycles. The van der Waals surface area contributed by atoms with E-state index in [1.165, 1.54) is 6.07 Å². The van der Waals surface area contributed by atoms with E-state index >= 15 is 0 Å². The summed E-state index contributed by atoms with van der Waals surface area (Å²) in [6, 6.07) is 17.0. The molecule has 2 aliphatic heterocycles. The number of benzene rings is 2. The maximum Gasteiger partial charge on any atom is 0.335 e. The van der Waals surface area contributed by atoms with E-state index in [0.717, 1.165) is 61.5 Å². The van der Waals surface area contributed by atoms with Crippen molar-refractivity contribution in [3.8, 4) is 11.9 Å². The molecule has 43 heavy (non-hydrogen) atoms. The van der Waals surface area contributed by atoms with Crippen molar-refractivity contribution in [2.24, 2.45) is 0 Å². The van der Waals surface area contributed by atoms with Gasteiger partial charge in [-0.3, -0.25) is 4.90 Å². The van der Waals surface area contributed by atoms with Crippen LogP contribution in [0.25, 0.3) is 11.0 Å². The van der Waals surface area contributed by atoms with Crippen molar-refractivity contribution in [2.75, 3.05) is 19.7 Å². The average Bonchev–Trinajstić information content (AvgIpc) is 3.35. The first-order valence-electron chi connectivity index (χ1n) is 14.8. The maximum absolute atomic E-state index is 14.2. The second kappa shape index (κ2) is 13.8. The first kappa shape index (κ1) is 30.1. The van der Waals surface area contributed by atoms with Gasteiger partial charge in [0.1, 0.15) is 18.2 Å². The van der Waals surface area contributed by atoms with E-state index in [0.29, 0.717) is 24.5 Å². The van der Waals surface area contributed by atoms with Crippen molar-refractivity contribution in [3.63, 3.8) is 0 Å². The lowest BCUT2D eigenvalue weighted by Crippen LogP contribution is -2.35. The van der Waals surface area contributed by atoms with Crippen LogP contribution in [0.15, 0.2) is 54.6 Å². The summed E-state index contributed by atoms with van der Waals surface area (Å²) in [6.45, 7) is 7.87. The number of likely N-dealkylation sites (tertiary alicyclic amines) is 1. The molecular weight excluding hydrogens is 549 g/mol. The number of rotatable bonds is 9. The molecule has 0 unspecified atom stereocenters. The fourth-order valence-corrected chi connectivity index (χ4v) is 5.47. The van der Waals surface area contributed by atoms with Crippen LogP contribution in [-0.2, 0) is 24.4 Å². The van der Waals surface area contributed by atoms with Crippen LogP contribution in [0.3, 0.4) is 0 Å². The van der Waals surface area contributed by atoms with Gasteiger partial charge < -0.3 is 19.1 Å². The number of carboxylic acid groups (broad SMARTS) is 1. The molecule has 2 aromatic carbocycles. The summed E-state index contributed by atoms with van der Waals surface area (Å²) in [5, 5.41) is 18.4. The second-order valence-electron chi connectivity index (χ2n) is 10.6. The Morgan fingerprint density at radius 3 is 2.58 bits per heavy atom. The monoisotopic (exact) mass is 585 g/mol. The largest absolute Gasteiger partial charge is 0.478 e. The Balaban J connectivity index is 0.00000180. The number of hydrogen-bond donors (Lipinski definition) is 1. The number of aromatic nitrogens is 3. The third-order valence-electron chi connectivity index (χ3n) is 7.93. The molecule has 10 heteroatoms. The maximum atomic E-state index is 14.2. The molecule has 9 nitrogen and oxygen atoms in total. The van der Waals surface area contributed by atoms with Gasteiger partial charge in [-0.25, -0.2) is 19.2 Å². The number of ether oxygens (including phenoxy) is 2. The number of nitrogens with zero attached hydrogens (tertiary/aromatic N) is 5. The highest BCUT2D eigenvalue weighted by molar-refractivity contribution is 5.92. The van der Waals surface area contributed by atoms with E-state index in [1.807, 2.05) is 32.0 Å². The number of hydrogen-bond acceptors (Lipinski definition) is 7. The van der Waals surface area contributed by atoms with Gasteiger partial charge in [0.15, 0.2) is 0 Å². The molecule has 1 N–H and O–H groups in total. The Labute approximate surface area is 250 Å². The van der Waals surface area contributed by atoms with E-state index in [2.05, 4.69) is 9.47 Å². The van der Waals surface area contributed by atoms with Crippen LogP contribution in [0.1, 0.15) is 72.0 Å². The van der Waals surface area contributed by atoms with Crippen molar-refractivity contribution in [2.45, 2.75) is 64.8 Å². The van der Waals surface area contributed by atoms with Crippen molar-refractivity contribution in [1.29, 1.82) is 5.26 Å². The third-order valence-corrected chi connectivity index (χ3v) is 7.93. The first-order chi connectivity index (χ1) is 21.0. The van der Waals surface area contributed by atoms with Crippen LogP contribution in [0.2, 0.25) is 0 Å². The summed E-state index contributed by atoms with van der Waals surface area (Å²) in [6.07, 6.45) is 2.96. The summed E-state index contributed by atoms with van der Waals surface area (Å²) in [5.74, 6) is 0.222. The molecule has 1 atom stereocenters. The van der Waals surface area contributed by atoms with Gasteiger partial charge in [-0.1, -0.05) is 26.0 Å². The Hall–Kier alpha value is -4.33. The molecule has 224 valence electrons. The Morgan fingerprint density at radius 2 is 1.91 bits per heavy atom. The topological polar surface area (TPSA) is 114 Å². The lowest BCUT2D eigenvalue weighted by atomic mass is 9.93. The number of fused-ring (bicyclic) bond motifs is 1. The zero-order chi connectivity index (χ0) is 30.3. The van der Waals surface area contributed by atoms with Crippen molar-refractivity contribution in [3.05, 3.63) is 88.6 Å². The Morgan fingerprint density at radius 1 is 1.12 bits per heavy atom. The van der Waals surface area contributed by atoms with Gasteiger partial charge in [0.05, 0.1) is 47.4 Å². The molecule has 0 aliphatic carbocycles. The number of imidazole rings is 1. The lowest BCUT2D eigenvalue weighted by Gasteiger charge is -2.32. The van der Waals surface area contributed by atoms with Crippen LogP contribution in [-0.4, -0.2) is 56.3 Å². The molecular formula is C33H36FN5O4. The molecule has 4 aromatic rings. The zero-order valence-corrected chi connectivity index (χ0v) is 24.5. The summed E-state index contributed by atoms with van der Waals surface area (Å²) in [7, 11) is 0. The predicted molar refractivity (Wildman–Crippen MR) is 159 cm³/mol. The lowest BCUT2D eigenvalue weighted by molar-refractivity contribution is -0.0592. The van der Waals surface area contributed by atoms with Gasteiger partial charge in [-0.05, 0) is 68.8 Å². The molecule has 0 amide bonds. The number of halogens is 1. The number of carboxylic acids is 1. The minimum atomic E-state index is -0.951. The average molecular weight is 586 g/mol. The van der Waals surface area contributed by atoms with E-state index in [-0.39, 0.29) is 29.8 Å². The molecule has 0 bridgehead atoms. The highest BCUT2D eigenvalue weighted by atomic mass is 19.1. The molecule has 0 radical (unpaired) electrons. The van der Waals surface area contributed by atoms with Crippen LogP contribution in [0, 0.1) is 17.1 Å². The van der Waals surface area contributed by atoms with Gasteiger partial charge in [0.25, 0.3) is 0 Å². The molecule has 2 fully saturated rings. The number of nitriles is 1. The summed E-state index contributed by atoms with van der Waals surface area (Å²) >= 11 is 0. The Kier molecular flexibility index (Phi) is 9.65. The number of carbonyl (C=O) groups is 1. The van der Waals surface area contributed by atoms with Crippen LogP contribution >= 0.6 is 0 Å². The van der Waals surface area contributed by atoms with Crippen molar-refractivity contribution in [1.82, 2.24) is 19.4 Å². The fourth-order valence-electron chi connectivity index (χ4n) is 5.47. The first-order valence-corrected chi connectivity index (χ1v) is 14.8. The molecule has 2 saturated heterocycles. The third kappa shape index (κ3) is 7.01. The smallest absolute Gasteiger partial charge is 0.335 e. The summed E-state index contributed by atoms with van der Waals surface area (Å²) < 4.78 is 27.8. The van der Waals surface area contributed by atoms with Crippen molar-refractivity contribution >= 4 is 17.0 Å². The van der Waals surface area contributed by atoms with Crippen LogP contribution < -0.4 is 4.74 Å². The van der Waals surface area contributed by atoms with Crippen molar-refractivity contribution < 1.29 is 23.8 Å². The van der Waals surface area contributed by atoms with Crippen LogP contribution in [0.5, 0.6) is 5.88 Å². The minimum Gasteiger partial charge on any atom is -0.478 e. The van der Waals surface area contributed by atoms with Gasteiger partial charge in [-0.15, -0.1) is 0 Å². The summed E-state index contributed by atoms with van der Waals surface area (Å²) in [4.78, 5) is 23.5. The van der Waals surface area contributed by atoms with Gasteiger partial charge in [0, 0.05) is 29.8 Å². The number of aromatic carboxylic acids is 1. The minimum absolute atomic E-state index is 0.0350. The molecule has 2 aliphatic rings. The molecule has 0 saturated carbocycles. The number of pyridine rings is 1. The van der Waals surface area contributed by atoms with Gasteiger partial charge >= 0.3 is 5.97 Å². The van der Waals surface area contributed by atoms with Gasteiger partial charge in [-0.2, -0.15) is 5.26 Å². The standard InChI is InChI=1S/C31H30FN5O4.C2H6/c32-25-14-20(16-33)4-5-23(25)19-41-30-3-1-2-26(35-30)21-8-11-36(12-9-21)18-29-34-27-7-6-22(31(38)39)15-28(27)37(29)17-24-10-13-40-24;1-2/h1-7,14-15,21,24H,8-13,17-19H2,(H,38,39);1-2H3/t24-;/m0./s1. The van der Waals surface area contributed by atoms with E-state index in [9.17, 15) is 14.3 Å². The highest BCUT2D eigenvalue weighted by Crippen LogP contribution is 2.30. The SMILES string of the molecule is CC.N#Cc1ccc(COc2cccc(C3CCN(Cc4nc5ccc(C(=O)O)cc5n4C[C@@H]4CCO4)CC3)n2)c(F)c1. The normalized spacial score (nSPS) is 17.0.